The minimum absolute atomic E-state index is 0.0670. The average Bonchev–Trinajstić information content (AvgIpc) is 2.99. The molecule has 6 atom stereocenters. The third-order valence-corrected chi connectivity index (χ3v) is 6.07. The van der Waals surface area contributed by atoms with Crippen LogP contribution in [0, 0.1) is 23.7 Å². The smallest absolute Gasteiger partial charge is 0.333 e. The van der Waals surface area contributed by atoms with Crippen molar-refractivity contribution >= 4 is 11.9 Å². The number of rotatable bonds is 4. The largest absolute Gasteiger partial charge is 0.460 e. The second kappa shape index (κ2) is 5.32. The molecule has 0 radical (unpaired) electrons. The summed E-state index contributed by atoms with van der Waals surface area (Å²) in [6.07, 6.45) is 0.585. The van der Waals surface area contributed by atoms with E-state index in [1.807, 2.05) is 13.8 Å². The first kappa shape index (κ1) is 17.5. The van der Waals surface area contributed by atoms with Crippen LogP contribution in [-0.4, -0.2) is 35.3 Å². The van der Waals surface area contributed by atoms with Crippen molar-refractivity contribution in [1.82, 2.24) is 0 Å². The van der Waals surface area contributed by atoms with Crippen molar-refractivity contribution in [3.05, 3.63) is 12.2 Å². The SMILES string of the molecule is C=C(C)C(=O)OC1C2CC3C1OC(C)(C)C3C2C(C)(C)OC(C)=O. The van der Waals surface area contributed by atoms with E-state index in [-0.39, 0.29) is 41.6 Å². The summed E-state index contributed by atoms with van der Waals surface area (Å²) in [5.41, 5.74) is -0.557. The summed E-state index contributed by atoms with van der Waals surface area (Å²) in [5.74, 6) is 0.217. The van der Waals surface area contributed by atoms with E-state index < -0.39 is 5.60 Å². The molecular formula is C19H28O5. The maximum absolute atomic E-state index is 12.1. The number of ether oxygens (including phenoxy) is 3. The molecule has 6 unspecified atom stereocenters. The van der Waals surface area contributed by atoms with Gasteiger partial charge in [0, 0.05) is 24.3 Å². The second-order valence-electron chi connectivity index (χ2n) is 8.65. The first-order chi connectivity index (χ1) is 11.0. The topological polar surface area (TPSA) is 61.8 Å². The average molecular weight is 336 g/mol. The normalized spacial score (nSPS) is 38.9. The predicted octanol–water partition coefficient (Wildman–Crippen LogP) is 2.88. The van der Waals surface area contributed by atoms with Crippen molar-refractivity contribution in [3.8, 4) is 0 Å². The zero-order valence-corrected chi connectivity index (χ0v) is 15.4. The van der Waals surface area contributed by atoms with Gasteiger partial charge in [-0.1, -0.05) is 6.58 Å². The van der Waals surface area contributed by atoms with E-state index in [4.69, 9.17) is 14.2 Å². The van der Waals surface area contributed by atoms with Crippen LogP contribution in [0.3, 0.4) is 0 Å². The summed E-state index contributed by atoms with van der Waals surface area (Å²) in [7, 11) is 0. The van der Waals surface area contributed by atoms with Gasteiger partial charge in [-0.25, -0.2) is 4.79 Å². The number of carbonyl (C=O) groups excluding carboxylic acids is 2. The van der Waals surface area contributed by atoms with Crippen molar-refractivity contribution in [2.45, 2.75) is 71.4 Å². The van der Waals surface area contributed by atoms with Gasteiger partial charge in [-0.15, -0.1) is 0 Å². The minimum atomic E-state index is -0.625. The number of esters is 2. The molecule has 0 N–H and O–H groups in total. The molecule has 1 heterocycles. The summed E-state index contributed by atoms with van der Waals surface area (Å²) in [5, 5.41) is 0. The summed E-state index contributed by atoms with van der Waals surface area (Å²) in [4.78, 5) is 23.7. The Hall–Kier alpha value is -1.36. The first-order valence-electron chi connectivity index (χ1n) is 8.69. The molecule has 3 aliphatic rings. The Bertz CT molecular complexity index is 591. The van der Waals surface area contributed by atoms with Crippen LogP contribution >= 0.6 is 0 Å². The lowest BCUT2D eigenvalue weighted by Gasteiger charge is -2.43. The van der Waals surface area contributed by atoms with E-state index in [1.54, 1.807) is 6.92 Å². The Morgan fingerprint density at radius 3 is 2.38 bits per heavy atom. The molecule has 0 aromatic rings. The molecule has 0 amide bonds. The lowest BCUT2D eigenvalue weighted by atomic mass is 9.66. The molecule has 0 aromatic carbocycles. The minimum Gasteiger partial charge on any atom is -0.460 e. The van der Waals surface area contributed by atoms with Gasteiger partial charge in [-0.05, 0) is 52.9 Å². The lowest BCUT2D eigenvalue weighted by Crippen LogP contribution is -2.51. The summed E-state index contributed by atoms with van der Waals surface area (Å²) in [6, 6.07) is 0. The van der Waals surface area contributed by atoms with Gasteiger partial charge in [0.25, 0.3) is 0 Å². The molecular weight excluding hydrogens is 308 g/mol. The van der Waals surface area contributed by atoms with Crippen LogP contribution < -0.4 is 0 Å². The van der Waals surface area contributed by atoms with E-state index in [9.17, 15) is 9.59 Å². The fourth-order valence-electron chi connectivity index (χ4n) is 5.60. The van der Waals surface area contributed by atoms with E-state index >= 15 is 0 Å². The molecule has 0 spiro atoms. The van der Waals surface area contributed by atoms with Gasteiger partial charge in [0.1, 0.15) is 11.7 Å². The first-order valence-corrected chi connectivity index (χ1v) is 8.69. The Morgan fingerprint density at radius 1 is 1.21 bits per heavy atom. The molecule has 1 saturated heterocycles. The fourth-order valence-corrected chi connectivity index (χ4v) is 5.60. The molecule has 2 aliphatic carbocycles. The van der Waals surface area contributed by atoms with Crippen molar-refractivity contribution < 1.29 is 23.8 Å². The van der Waals surface area contributed by atoms with Crippen molar-refractivity contribution in [1.29, 1.82) is 0 Å². The Labute approximate surface area is 143 Å². The Kier molecular flexibility index (Phi) is 3.87. The molecule has 24 heavy (non-hydrogen) atoms. The van der Waals surface area contributed by atoms with Gasteiger partial charge in [0.15, 0.2) is 0 Å². The molecule has 5 nitrogen and oxygen atoms in total. The van der Waals surface area contributed by atoms with Crippen LogP contribution in [0.15, 0.2) is 12.2 Å². The summed E-state index contributed by atoms with van der Waals surface area (Å²) >= 11 is 0. The molecule has 134 valence electrons. The number of fused-ring (bicyclic) bond motifs is 1. The highest BCUT2D eigenvalue weighted by Crippen LogP contribution is 2.66. The second-order valence-corrected chi connectivity index (χ2v) is 8.65. The Balaban J connectivity index is 1.94. The van der Waals surface area contributed by atoms with Crippen molar-refractivity contribution in [2.24, 2.45) is 23.7 Å². The third-order valence-electron chi connectivity index (χ3n) is 6.07. The highest BCUT2D eigenvalue weighted by molar-refractivity contribution is 5.87. The van der Waals surface area contributed by atoms with Crippen LogP contribution in [0.1, 0.15) is 48.0 Å². The van der Waals surface area contributed by atoms with E-state index in [0.717, 1.165) is 6.42 Å². The van der Waals surface area contributed by atoms with Gasteiger partial charge in [0.2, 0.25) is 0 Å². The highest BCUT2D eigenvalue weighted by atomic mass is 16.6. The van der Waals surface area contributed by atoms with Crippen LogP contribution in [0.25, 0.3) is 0 Å². The Morgan fingerprint density at radius 2 is 1.83 bits per heavy atom. The lowest BCUT2D eigenvalue weighted by molar-refractivity contribution is -0.171. The maximum Gasteiger partial charge on any atom is 0.333 e. The third kappa shape index (κ3) is 2.48. The molecule has 5 heteroatoms. The fraction of sp³-hybridized carbons (Fsp3) is 0.789. The molecule has 3 fully saturated rings. The molecule has 2 saturated carbocycles. The molecule has 3 rings (SSSR count). The quantitative estimate of drug-likeness (QED) is 0.583. The van der Waals surface area contributed by atoms with Gasteiger partial charge in [0.05, 0.1) is 11.7 Å². The zero-order valence-electron chi connectivity index (χ0n) is 15.4. The highest BCUT2D eigenvalue weighted by Gasteiger charge is 2.72. The van der Waals surface area contributed by atoms with Crippen molar-refractivity contribution in [3.63, 3.8) is 0 Å². The van der Waals surface area contributed by atoms with Crippen LogP contribution in [-0.2, 0) is 23.8 Å². The van der Waals surface area contributed by atoms with Gasteiger partial charge < -0.3 is 14.2 Å². The van der Waals surface area contributed by atoms with E-state index in [2.05, 4.69) is 20.4 Å². The molecule has 2 bridgehead atoms. The molecule has 0 aromatic heterocycles. The van der Waals surface area contributed by atoms with Crippen LogP contribution in [0.4, 0.5) is 0 Å². The summed E-state index contributed by atoms with van der Waals surface area (Å²) < 4.78 is 17.7. The number of hydrogen-bond acceptors (Lipinski definition) is 5. The number of hydrogen-bond donors (Lipinski definition) is 0. The zero-order chi connectivity index (χ0) is 18.0. The number of carbonyl (C=O) groups is 2. The summed E-state index contributed by atoms with van der Waals surface area (Å²) in [6.45, 7) is 14.9. The van der Waals surface area contributed by atoms with Crippen molar-refractivity contribution in [2.75, 3.05) is 0 Å². The van der Waals surface area contributed by atoms with E-state index in [1.165, 1.54) is 6.92 Å². The molecule has 1 aliphatic heterocycles. The van der Waals surface area contributed by atoms with Crippen LogP contribution in [0.2, 0.25) is 0 Å². The monoisotopic (exact) mass is 336 g/mol. The van der Waals surface area contributed by atoms with Crippen LogP contribution in [0.5, 0.6) is 0 Å². The predicted molar refractivity (Wildman–Crippen MR) is 88.1 cm³/mol. The van der Waals surface area contributed by atoms with Gasteiger partial charge >= 0.3 is 11.9 Å². The van der Waals surface area contributed by atoms with E-state index in [0.29, 0.717) is 17.4 Å². The van der Waals surface area contributed by atoms with Gasteiger partial charge in [-0.3, -0.25) is 4.79 Å². The van der Waals surface area contributed by atoms with Gasteiger partial charge in [-0.2, -0.15) is 0 Å². The standard InChI is InChI=1S/C19H28O5/c1-9(2)17(21)22-15-11-8-12-14(19(6,7)24-16(12)15)13(11)18(4,5)23-10(3)20/h11-16H,1,8H2,2-7H3. The maximum atomic E-state index is 12.1.